The first-order valence-corrected chi connectivity index (χ1v) is 10.4. The zero-order chi connectivity index (χ0) is 21.3. The van der Waals surface area contributed by atoms with Crippen molar-refractivity contribution in [2.24, 2.45) is 5.92 Å². The fourth-order valence-corrected chi connectivity index (χ4v) is 4.09. The van der Waals surface area contributed by atoms with Crippen LogP contribution in [-0.2, 0) is 13.8 Å². The Labute approximate surface area is 172 Å². The molecule has 0 aliphatic carbocycles. The van der Waals surface area contributed by atoms with Crippen molar-refractivity contribution in [3.63, 3.8) is 0 Å². The van der Waals surface area contributed by atoms with Gasteiger partial charge in [0.05, 0.1) is 18.1 Å². The predicted octanol–water partition coefficient (Wildman–Crippen LogP) is 2.24. The van der Waals surface area contributed by atoms with Gasteiger partial charge in [-0.2, -0.15) is 0 Å². The average molecular weight is 431 g/mol. The molecular weight excluding hydrogens is 411 g/mol. The minimum atomic E-state index is -2.87. The van der Waals surface area contributed by atoms with Crippen molar-refractivity contribution in [2.75, 3.05) is 11.9 Å². The summed E-state index contributed by atoms with van der Waals surface area (Å²) in [6.07, 6.45) is 0.864. The van der Waals surface area contributed by atoms with Gasteiger partial charge in [0.2, 0.25) is 0 Å². The molecule has 3 aromatic rings. The summed E-state index contributed by atoms with van der Waals surface area (Å²) in [5.74, 6) is -0.321. The summed E-state index contributed by atoms with van der Waals surface area (Å²) in [5.41, 5.74) is 0.938. The Morgan fingerprint density at radius 2 is 2.07 bits per heavy atom. The lowest BCUT2D eigenvalue weighted by Crippen LogP contribution is -2.26. The van der Waals surface area contributed by atoms with Gasteiger partial charge in [-0.05, 0) is 18.2 Å². The van der Waals surface area contributed by atoms with Crippen LogP contribution in [0.5, 0.6) is 0 Å². The Morgan fingerprint density at radius 1 is 1.30 bits per heavy atom. The summed E-state index contributed by atoms with van der Waals surface area (Å²) in [4.78, 5) is 30.2. The molecule has 11 heteroatoms. The molecule has 0 saturated carbocycles. The molecule has 2 aromatic heterocycles. The molecule has 1 saturated heterocycles. The van der Waals surface area contributed by atoms with Gasteiger partial charge in [-0.15, -0.1) is 9.42 Å². The predicted molar refractivity (Wildman–Crippen MR) is 107 cm³/mol. The third kappa shape index (κ3) is 3.83. The number of anilines is 1. The number of amides is 1. The molecule has 30 heavy (non-hydrogen) atoms. The number of carbonyl (C=O) groups is 1. The van der Waals surface area contributed by atoms with E-state index in [4.69, 9.17) is 9.26 Å². The fraction of sp³-hybridized carbons (Fsp3) is 0.316. The van der Waals surface area contributed by atoms with Crippen LogP contribution >= 0.6 is 8.25 Å². The Hall–Kier alpha value is -2.75. The molecule has 0 radical (unpaired) electrons. The number of hydrogen-bond donors (Lipinski definition) is 3. The van der Waals surface area contributed by atoms with Crippen molar-refractivity contribution in [3.8, 4) is 0 Å². The monoisotopic (exact) mass is 431 g/mol. The summed E-state index contributed by atoms with van der Waals surface area (Å²) in [7, 11) is -2.87. The first kappa shape index (κ1) is 20.5. The highest BCUT2D eigenvalue weighted by Gasteiger charge is 2.48. The molecular formula is C19H20N4O6P+. The second-order valence-electron chi connectivity index (χ2n) is 6.92. The van der Waals surface area contributed by atoms with Gasteiger partial charge in [-0.1, -0.05) is 25.1 Å². The van der Waals surface area contributed by atoms with E-state index in [9.17, 15) is 19.4 Å². The highest BCUT2D eigenvalue weighted by molar-refractivity contribution is 7.32. The molecule has 156 valence electrons. The normalized spacial score (nSPS) is 24.2. The molecule has 3 N–H and O–H groups in total. The van der Waals surface area contributed by atoms with Crippen molar-refractivity contribution >= 4 is 31.0 Å². The van der Waals surface area contributed by atoms with E-state index in [1.807, 2.05) is 6.07 Å². The largest absolute Gasteiger partial charge is 0.695 e. The van der Waals surface area contributed by atoms with Crippen molar-refractivity contribution in [2.45, 2.75) is 25.4 Å². The maximum atomic E-state index is 12.5. The summed E-state index contributed by atoms with van der Waals surface area (Å²) >= 11 is 0. The van der Waals surface area contributed by atoms with Crippen molar-refractivity contribution < 1.29 is 28.6 Å². The zero-order valence-corrected chi connectivity index (χ0v) is 16.8. The minimum Gasteiger partial charge on any atom is -0.394 e. The summed E-state index contributed by atoms with van der Waals surface area (Å²) in [5, 5.41) is 12.9. The van der Waals surface area contributed by atoms with Crippen LogP contribution in [0.25, 0.3) is 11.0 Å². The topological polar surface area (TPSA) is 136 Å². The van der Waals surface area contributed by atoms with Gasteiger partial charge in [-0.25, -0.2) is 9.97 Å². The number of hydrogen-bond acceptors (Lipinski definition) is 7. The van der Waals surface area contributed by atoms with Gasteiger partial charge in [0.15, 0.2) is 12.3 Å². The van der Waals surface area contributed by atoms with Crippen molar-refractivity contribution in [1.29, 1.82) is 0 Å². The fourth-order valence-electron chi connectivity index (χ4n) is 3.58. The number of nitrogens with one attached hydrogen (secondary N) is 1. The van der Waals surface area contributed by atoms with E-state index in [-0.39, 0.29) is 18.4 Å². The number of fused-ring (bicyclic) bond motifs is 1. The molecule has 1 amide bonds. The smallest absolute Gasteiger partial charge is 0.394 e. The van der Waals surface area contributed by atoms with Crippen LogP contribution in [0.4, 0.5) is 5.82 Å². The van der Waals surface area contributed by atoms with Gasteiger partial charge >= 0.3 is 8.25 Å². The number of ether oxygens (including phenoxy) is 1. The molecule has 1 fully saturated rings. The van der Waals surface area contributed by atoms with E-state index in [0.29, 0.717) is 22.4 Å². The molecule has 0 bridgehead atoms. The Kier molecular flexibility index (Phi) is 5.85. The van der Waals surface area contributed by atoms with Crippen LogP contribution in [0.1, 0.15) is 23.5 Å². The van der Waals surface area contributed by atoms with Gasteiger partial charge in [0, 0.05) is 22.2 Å². The highest BCUT2D eigenvalue weighted by Crippen LogP contribution is 2.41. The van der Waals surface area contributed by atoms with E-state index in [1.54, 1.807) is 48.0 Å². The SMILES string of the molecule is CC1[C@@H](CO)O[C@@H](n2ccc3c(NC(=O)c4ccccc4)ncnc32)[C@H]1O[P+](=O)O. The Bertz CT molecular complexity index is 1080. The first-order chi connectivity index (χ1) is 14.5. The van der Waals surface area contributed by atoms with Crippen LogP contribution in [0.15, 0.2) is 48.9 Å². The summed E-state index contributed by atoms with van der Waals surface area (Å²) in [6.45, 7) is 1.52. The maximum absolute atomic E-state index is 12.5. The lowest BCUT2D eigenvalue weighted by Gasteiger charge is -2.17. The van der Waals surface area contributed by atoms with Crippen LogP contribution in [0, 0.1) is 5.92 Å². The van der Waals surface area contributed by atoms with Crippen LogP contribution in [0.2, 0.25) is 0 Å². The van der Waals surface area contributed by atoms with E-state index < -0.39 is 26.7 Å². The summed E-state index contributed by atoms with van der Waals surface area (Å²) in [6, 6.07) is 10.5. The van der Waals surface area contributed by atoms with E-state index in [1.165, 1.54) is 6.33 Å². The average Bonchev–Trinajstić information content (AvgIpc) is 3.30. The minimum absolute atomic E-state index is 0.258. The third-order valence-electron chi connectivity index (χ3n) is 5.14. The molecule has 2 unspecified atom stereocenters. The molecule has 3 heterocycles. The Balaban J connectivity index is 1.67. The molecule has 4 rings (SSSR count). The molecule has 1 aliphatic heterocycles. The van der Waals surface area contributed by atoms with Crippen LogP contribution in [0.3, 0.4) is 0 Å². The molecule has 1 aromatic carbocycles. The second-order valence-corrected chi connectivity index (χ2v) is 7.60. The first-order valence-electron chi connectivity index (χ1n) is 9.26. The van der Waals surface area contributed by atoms with Crippen molar-refractivity contribution in [1.82, 2.24) is 14.5 Å². The number of benzene rings is 1. The molecule has 10 nitrogen and oxygen atoms in total. The quantitative estimate of drug-likeness (QED) is 0.506. The lowest BCUT2D eigenvalue weighted by molar-refractivity contribution is -0.0448. The number of nitrogens with zero attached hydrogens (tertiary/aromatic N) is 3. The zero-order valence-electron chi connectivity index (χ0n) is 16.0. The van der Waals surface area contributed by atoms with E-state index in [2.05, 4.69) is 15.3 Å². The molecule has 5 atom stereocenters. The number of aliphatic hydroxyl groups is 1. The summed E-state index contributed by atoms with van der Waals surface area (Å²) < 4.78 is 24.0. The van der Waals surface area contributed by atoms with Crippen LogP contribution < -0.4 is 5.32 Å². The van der Waals surface area contributed by atoms with E-state index >= 15 is 0 Å². The van der Waals surface area contributed by atoms with Gasteiger partial charge in [0.1, 0.15) is 17.8 Å². The number of aliphatic hydroxyl groups excluding tert-OH is 1. The molecule has 1 aliphatic rings. The second kappa shape index (κ2) is 8.55. The Morgan fingerprint density at radius 3 is 2.77 bits per heavy atom. The van der Waals surface area contributed by atoms with Crippen LogP contribution in [-0.4, -0.2) is 49.3 Å². The number of aromatic nitrogens is 3. The molecule has 0 spiro atoms. The maximum Gasteiger partial charge on any atom is 0.695 e. The number of carbonyl (C=O) groups excluding carboxylic acids is 1. The van der Waals surface area contributed by atoms with Gasteiger partial charge < -0.3 is 19.7 Å². The highest BCUT2D eigenvalue weighted by atomic mass is 31.1. The number of rotatable bonds is 6. The van der Waals surface area contributed by atoms with Gasteiger partial charge in [0.25, 0.3) is 5.91 Å². The lowest BCUT2D eigenvalue weighted by atomic mass is 10.0. The van der Waals surface area contributed by atoms with Gasteiger partial charge in [-0.3, -0.25) is 4.79 Å². The third-order valence-corrected chi connectivity index (χ3v) is 5.57. The van der Waals surface area contributed by atoms with E-state index in [0.717, 1.165) is 0 Å². The standard InChI is InChI=1S/C19H19N4O6P/c1-11-14(9-24)28-19(15(11)29-30(26)27)23-8-7-13-16(20-10-21-17(13)23)22-18(25)12-5-3-2-4-6-12/h2-8,10-11,14-15,19,24H,9H2,1H3,(H-,20,21,22,25,26,27)/p+1/t11?,14-,15+,19-/m1/s1. The van der Waals surface area contributed by atoms with Crippen molar-refractivity contribution in [3.05, 3.63) is 54.5 Å².